The van der Waals surface area contributed by atoms with E-state index in [2.05, 4.69) is 4.99 Å². The average Bonchev–Trinajstić information content (AvgIpc) is 3.03. The number of hydrogen-bond acceptors (Lipinski definition) is 3. The number of carbonyl (C=O) groups excluding carboxylic acids is 3. The summed E-state index contributed by atoms with van der Waals surface area (Å²) in [7, 11) is 0. The van der Waals surface area contributed by atoms with Gasteiger partial charge in [0.1, 0.15) is 5.49 Å². The Bertz CT molecular complexity index is 1210. The molecular weight excluding hydrogens is 390 g/mol. The van der Waals surface area contributed by atoms with E-state index in [-0.39, 0.29) is 22.9 Å². The molecule has 2 aromatic carbocycles. The Kier molecular flexibility index (Phi) is 5.89. The van der Waals surface area contributed by atoms with E-state index in [1.54, 1.807) is 18.2 Å². The van der Waals surface area contributed by atoms with Gasteiger partial charge < -0.3 is 4.57 Å². The number of pyridine rings is 1. The lowest BCUT2D eigenvalue weighted by Gasteiger charge is -2.12. The largest absolute Gasteiger partial charge is 0.328 e. The van der Waals surface area contributed by atoms with Crippen molar-refractivity contribution in [1.29, 1.82) is 0 Å². The molecule has 0 radical (unpaired) electrons. The number of hydrogen-bond donors (Lipinski definition) is 0. The molecule has 0 saturated carbocycles. The topological polar surface area (TPSA) is 71.7 Å². The van der Waals surface area contributed by atoms with Gasteiger partial charge in [0.2, 0.25) is 0 Å². The quantitative estimate of drug-likeness (QED) is 0.579. The molecule has 0 spiro atoms. The number of benzene rings is 2. The number of amides is 3. The van der Waals surface area contributed by atoms with Crippen LogP contribution in [0.2, 0.25) is 0 Å². The highest BCUT2D eigenvalue weighted by Crippen LogP contribution is 2.24. The van der Waals surface area contributed by atoms with Crippen LogP contribution >= 0.6 is 0 Å². The minimum absolute atomic E-state index is 0.271. The van der Waals surface area contributed by atoms with Crippen molar-refractivity contribution in [1.82, 2.24) is 9.47 Å². The summed E-state index contributed by atoms with van der Waals surface area (Å²) in [5, 5.41) is 0. The maximum Gasteiger partial charge on any atom is 0.278 e. The van der Waals surface area contributed by atoms with E-state index in [4.69, 9.17) is 0 Å². The van der Waals surface area contributed by atoms with E-state index in [0.29, 0.717) is 24.1 Å². The number of unbranched alkanes of at least 4 members (excludes halogenated alkanes) is 1. The van der Waals surface area contributed by atoms with Crippen LogP contribution in [-0.2, 0) is 6.54 Å². The van der Waals surface area contributed by atoms with Crippen molar-refractivity contribution in [2.24, 2.45) is 4.99 Å². The number of fused-ring (bicyclic) bond motifs is 1. The lowest BCUT2D eigenvalue weighted by Crippen LogP contribution is -2.30. The molecule has 156 valence electrons. The molecular formula is C25H23N3O3. The summed E-state index contributed by atoms with van der Waals surface area (Å²) < 4.78 is 1.89. The van der Waals surface area contributed by atoms with Gasteiger partial charge in [0.15, 0.2) is 0 Å². The normalized spacial score (nSPS) is 13.6. The van der Waals surface area contributed by atoms with Crippen molar-refractivity contribution in [3.63, 3.8) is 0 Å². The third-order valence-corrected chi connectivity index (χ3v) is 5.28. The zero-order valence-corrected chi connectivity index (χ0v) is 17.3. The van der Waals surface area contributed by atoms with Crippen molar-refractivity contribution in [3.05, 3.63) is 101 Å². The molecule has 31 heavy (non-hydrogen) atoms. The van der Waals surface area contributed by atoms with Gasteiger partial charge in [-0.15, -0.1) is 0 Å². The summed E-state index contributed by atoms with van der Waals surface area (Å²) in [6.07, 6.45) is 3.51. The highest BCUT2D eigenvalue weighted by Gasteiger charge is 2.35. The second-order valence-corrected chi connectivity index (χ2v) is 7.47. The highest BCUT2D eigenvalue weighted by atomic mass is 16.2. The molecule has 6 heteroatoms. The molecule has 0 saturated heterocycles. The zero-order chi connectivity index (χ0) is 21.8. The van der Waals surface area contributed by atoms with E-state index in [1.807, 2.05) is 60.2 Å². The zero-order valence-electron chi connectivity index (χ0n) is 17.3. The maximum atomic E-state index is 12.9. The molecule has 4 rings (SSSR count). The molecule has 0 atom stereocenters. The van der Waals surface area contributed by atoms with Crippen LogP contribution in [0, 0.1) is 0 Å². The van der Waals surface area contributed by atoms with Crippen LogP contribution in [0.5, 0.6) is 0 Å². The van der Waals surface area contributed by atoms with E-state index in [1.165, 1.54) is 11.0 Å². The van der Waals surface area contributed by atoms with Gasteiger partial charge in [-0.1, -0.05) is 49.7 Å². The van der Waals surface area contributed by atoms with Gasteiger partial charge in [-0.2, -0.15) is 4.99 Å². The number of rotatable bonds is 6. The molecule has 0 N–H and O–H groups in total. The first-order chi connectivity index (χ1) is 15.1. The van der Waals surface area contributed by atoms with E-state index in [0.717, 1.165) is 18.4 Å². The van der Waals surface area contributed by atoms with Gasteiger partial charge in [-0.05, 0) is 42.3 Å². The first kappa shape index (κ1) is 20.5. The molecule has 3 amide bonds. The van der Waals surface area contributed by atoms with Gasteiger partial charge >= 0.3 is 0 Å². The first-order valence-corrected chi connectivity index (χ1v) is 10.4. The minimum Gasteiger partial charge on any atom is -0.328 e. The van der Waals surface area contributed by atoms with Gasteiger partial charge in [0, 0.05) is 24.8 Å². The number of carbonyl (C=O) groups is 3. The van der Waals surface area contributed by atoms with Crippen molar-refractivity contribution >= 4 is 17.7 Å². The summed E-state index contributed by atoms with van der Waals surface area (Å²) >= 11 is 0. The summed E-state index contributed by atoms with van der Waals surface area (Å²) in [5.41, 5.74) is 2.51. The van der Waals surface area contributed by atoms with Crippen LogP contribution in [0.25, 0.3) is 0 Å². The van der Waals surface area contributed by atoms with Gasteiger partial charge in [0.05, 0.1) is 11.1 Å². The smallest absolute Gasteiger partial charge is 0.278 e. The average molecular weight is 413 g/mol. The third-order valence-electron chi connectivity index (χ3n) is 5.28. The van der Waals surface area contributed by atoms with E-state index < -0.39 is 5.91 Å². The maximum absolute atomic E-state index is 12.9. The van der Waals surface area contributed by atoms with Crippen LogP contribution in [-0.4, -0.2) is 33.7 Å². The van der Waals surface area contributed by atoms with Crippen LogP contribution in [0.1, 0.15) is 56.4 Å². The molecule has 0 bridgehead atoms. The molecule has 2 heterocycles. The number of nitrogens with zero attached hydrogens (tertiary/aromatic N) is 3. The van der Waals surface area contributed by atoms with Gasteiger partial charge in [-0.25, -0.2) is 0 Å². The van der Waals surface area contributed by atoms with Crippen molar-refractivity contribution in [3.8, 4) is 0 Å². The monoisotopic (exact) mass is 413 g/mol. The van der Waals surface area contributed by atoms with Crippen LogP contribution < -0.4 is 5.49 Å². The molecule has 0 aliphatic carbocycles. The van der Waals surface area contributed by atoms with Crippen LogP contribution in [0.4, 0.5) is 0 Å². The van der Waals surface area contributed by atoms with Gasteiger partial charge in [-0.3, -0.25) is 19.3 Å². The second kappa shape index (κ2) is 8.92. The number of imide groups is 1. The SMILES string of the molecule is CCCCN1C(=O)c2ccc(C(=O)N=c3ccccn3Cc3ccccc3)cc2C1=O. The fourth-order valence-corrected chi connectivity index (χ4v) is 3.59. The van der Waals surface area contributed by atoms with Gasteiger partial charge in [0.25, 0.3) is 17.7 Å². The van der Waals surface area contributed by atoms with Crippen LogP contribution in [0.3, 0.4) is 0 Å². The van der Waals surface area contributed by atoms with Crippen LogP contribution in [0.15, 0.2) is 77.9 Å². The van der Waals surface area contributed by atoms with Crippen molar-refractivity contribution in [2.45, 2.75) is 26.3 Å². The predicted molar refractivity (Wildman–Crippen MR) is 117 cm³/mol. The Morgan fingerprint density at radius 3 is 2.42 bits per heavy atom. The summed E-state index contributed by atoms with van der Waals surface area (Å²) in [6, 6.07) is 20.0. The molecule has 0 unspecified atom stereocenters. The van der Waals surface area contributed by atoms with Crippen molar-refractivity contribution in [2.75, 3.05) is 6.54 Å². The molecule has 6 nitrogen and oxygen atoms in total. The molecule has 1 aliphatic heterocycles. The fourth-order valence-electron chi connectivity index (χ4n) is 3.59. The summed E-state index contributed by atoms with van der Waals surface area (Å²) in [6.45, 7) is 2.97. The molecule has 1 aliphatic rings. The summed E-state index contributed by atoms with van der Waals surface area (Å²) in [5.74, 6) is -1.10. The Hall–Kier alpha value is -3.80. The Balaban J connectivity index is 1.63. The first-order valence-electron chi connectivity index (χ1n) is 10.4. The van der Waals surface area contributed by atoms with Crippen molar-refractivity contribution < 1.29 is 14.4 Å². The third kappa shape index (κ3) is 4.23. The summed E-state index contributed by atoms with van der Waals surface area (Å²) in [4.78, 5) is 43.6. The Morgan fingerprint density at radius 2 is 1.65 bits per heavy atom. The standard InChI is InChI=1S/C25H23N3O3/c1-2-3-15-28-24(30)20-13-12-19(16-21(20)25(28)31)23(29)26-22-11-7-8-14-27(22)17-18-9-5-4-6-10-18/h4-14,16H,2-3,15,17H2,1H3. The molecule has 0 fully saturated rings. The lowest BCUT2D eigenvalue weighted by atomic mass is 10.1. The van der Waals surface area contributed by atoms with E-state index >= 15 is 0 Å². The molecule has 1 aromatic heterocycles. The fraction of sp³-hybridized carbons (Fsp3) is 0.200. The molecule has 3 aromatic rings. The highest BCUT2D eigenvalue weighted by molar-refractivity contribution is 6.22. The Morgan fingerprint density at radius 1 is 0.903 bits per heavy atom. The Labute approximate surface area is 180 Å². The predicted octanol–water partition coefficient (Wildman–Crippen LogP) is 3.67. The minimum atomic E-state index is -0.455. The van der Waals surface area contributed by atoms with E-state index in [9.17, 15) is 14.4 Å². The number of aromatic nitrogens is 1. The second-order valence-electron chi connectivity index (χ2n) is 7.47. The lowest BCUT2D eigenvalue weighted by molar-refractivity contribution is 0.0652.